The lowest BCUT2D eigenvalue weighted by atomic mass is 10.2. The number of halogens is 2. The van der Waals surface area contributed by atoms with Crippen molar-refractivity contribution in [1.82, 2.24) is 14.4 Å². The van der Waals surface area contributed by atoms with Gasteiger partial charge < -0.3 is 19.8 Å². The van der Waals surface area contributed by atoms with Gasteiger partial charge in [0.05, 0.1) is 18.6 Å². The molecule has 0 radical (unpaired) electrons. The highest BCUT2D eigenvalue weighted by Crippen LogP contribution is 2.30. The number of carbonyl (C=O) groups excluding carboxylic acids is 2. The number of nitrogens with zero attached hydrogens (tertiary/aromatic N) is 3. The first-order chi connectivity index (χ1) is 15.9. The van der Waals surface area contributed by atoms with E-state index in [0.717, 1.165) is 19.0 Å². The van der Waals surface area contributed by atoms with Gasteiger partial charge in [0.15, 0.2) is 17.3 Å². The molecule has 0 atom stereocenters. The van der Waals surface area contributed by atoms with E-state index in [-0.39, 0.29) is 11.8 Å². The molecule has 5 rings (SSSR count). The zero-order chi connectivity index (χ0) is 22.9. The van der Waals surface area contributed by atoms with E-state index in [0.29, 0.717) is 34.7 Å². The Morgan fingerprint density at radius 3 is 2.67 bits per heavy atom. The Bertz CT molecular complexity index is 1380. The number of imidazole rings is 1. The Labute approximate surface area is 186 Å². The van der Waals surface area contributed by atoms with E-state index in [2.05, 4.69) is 20.6 Å². The topological polar surface area (TPSA) is 97.6 Å². The number of benzene rings is 1. The van der Waals surface area contributed by atoms with Crippen molar-refractivity contribution in [2.24, 2.45) is 5.92 Å². The van der Waals surface area contributed by atoms with Crippen LogP contribution >= 0.6 is 0 Å². The van der Waals surface area contributed by atoms with E-state index in [1.807, 2.05) is 0 Å². The number of anilines is 2. The lowest BCUT2D eigenvalue weighted by Crippen LogP contribution is -2.15. The van der Waals surface area contributed by atoms with Gasteiger partial charge in [0, 0.05) is 23.7 Å². The Morgan fingerprint density at radius 1 is 1.03 bits per heavy atom. The molecule has 2 N–H and O–H groups in total. The number of carbonyl (C=O) groups is 2. The molecule has 166 valence electrons. The van der Waals surface area contributed by atoms with Gasteiger partial charge in [0.2, 0.25) is 5.91 Å². The standard InChI is InChI=1S/C23H17F2N5O3/c24-14-8-18(25)21(26-10-14)23(32)27-15-2-1-3-16(9-15)33-17-6-7-20-28-19(12-30(20)11-17)29-22(31)13-4-5-13/h1-3,6-13H,4-5H2,(H,27,32)(H,29,31). The molecule has 0 aliphatic heterocycles. The number of rotatable bonds is 6. The molecule has 1 aliphatic carbocycles. The summed E-state index contributed by atoms with van der Waals surface area (Å²) in [6.45, 7) is 0. The minimum Gasteiger partial charge on any atom is -0.456 e. The summed E-state index contributed by atoms with van der Waals surface area (Å²) in [7, 11) is 0. The predicted octanol–water partition coefficient (Wildman–Crippen LogP) is 4.40. The minimum atomic E-state index is -1.05. The van der Waals surface area contributed by atoms with Crippen molar-refractivity contribution in [3.63, 3.8) is 0 Å². The number of pyridine rings is 2. The molecule has 1 aliphatic rings. The summed E-state index contributed by atoms with van der Waals surface area (Å²) in [6.07, 6.45) is 5.99. The third kappa shape index (κ3) is 4.64. The van der Waals surface area contributed by atoms with Crippen LogP contribution < -0.4 is 15.4 Å². The van der Waals surface area contributed by atoms with E-state index in [4.69, 9.17) is 4.74 Å². The number of hydrogen-bond acceptors (Lipinski definition) is 5. The largest absolute Gasteiger partial charge is 0.456 e. The molecule has 3 aromatic heterocycles. The van der Waals surface area contributed by atoms with E-state index in [1.54, 1.807) is 53.2 Å². The van der Waals surface area contributed by atoms with Crippen molar-refractivity contribution in [2.45, 2.75) is 12.8 Å². The van der Waals surface area contributed by atoms with Gasteiger partial charge in [-0.2, -0.15) is 0 Å². The maximum atomic E-state index is 13.8. The second-order valence-corrected chi connectivity index (χ2v) is 7.59. The monoisotopic (exact) mass is 449 g/mol. The maximum absolute atomic E-state index is 13.8. The molecule has 0 saturated heterocycles. The van der Waals surface area contributed by atoms with Crippen LogP contribution in [0.1, 0.15) is 23.3 Å². The fourth-order valence-electron chi connectivity index (χ4n) is 3.21. The Hall–Kier alpha value is -4.34. The molecule has 2 amide bonds. The molecule has 4 aromatic rings. The van der Waals surface area contributed by atoms with Crippen LogP contribution in [0.3, 0.4) is 0 Å². The van der Waals surface area contributed by atoms with Crippen molar-refractivity contribution in [3.8, 4) is 11.5 Å². The van der Waals surface area contributed by atoms with Crippen molar-refractivity contribution in [1.29, 1.82) is 0 Å². The fourth-order valence-corrected chi connectivity index (χ4v) is 3.21. The van der Waals surface area contributed by atoms with Gasteiger partial charge >= 0.3 is 0 Å². The van der Waals surface area contributed by atoms with Crippen molar-refractivity contribution in [3.05, 3.63) is 78.4 Å². The predicted molar refractivity (Wildman–Crippen MR) is 115 cm³/mol. The summed E-state index contributed by atoms with van der Waals surface area (Å²) >= 11 is 0. The number of nitrogens with one attached hydrogen (secondary N) is 2. The summed E-state index contributed by atoms with van der Waals surface area (Å²) in [5.74, 6) is -1.30. The SMILES string of the molecule is O=C(Nc1cccc(Oc2ccc3nc(NC(=O)C4CC4)cn3c2)c1)c1ncc(F)cc1F. The first-order valence-corrected chi connectivity index (χ1v) is 10.1. The quantitative estimate of drug-likeness (QED) is 0.455. The molecule has 1 saturated carbocycles. The number of fused-ring (bicyclic) bond motifs is 1. The van der Waals surface area contributed by atoms with Crippen LogP contribution in [0.25, 0.3) is 5.65 Å². The highest BCUT2D eigenvalue weighted by Gasteiger charge is 2.30. The summed E-state index contributed by atoms with van der Waals surface area (Å²) in [4.78, 5) is 32.1. The molecular weight excluding hydrogens is 432 g/mol. The number of amides is 2. The molecule has 8 nitrogen and oxygen atoms in total. The van der Waals surface area contributed by atoms with Gasteiger partial charge in [0.1, 0.15) is 23.0 Å². The molecule has 0 unspecified atom stereocenters. The second-order valence-electron chi connectivity index (χ2n) is 7.59. The summed E-state index contributed by atoms with van der Waals surface area (Å²) < 4.78 is 34.4. The third-order valence-corrected chi connectivity index (χ3v) is 4.97. The minimum absolute atomic E-state index is 0.0236. The molecule has 1 fully saturated rings. The molecule has 0 spiro atoms. The zero-order valence-electron chi connectivity index (χ0n) is 17.1. The lowest BCUT2D eigenvalue weighted by Gasteiger charge is -2.09. The van der Waals surface area contributed by atoms with E-state index >= 15 is 0 Å². The third-order valence-electron chi connectivity index (χ3n) is 4.97. The lowest BCUT2D eigenvalue weighted by molar-refractivity contribution is -0.117. The van der Waals surface area contributed by atoms with Crippen molar-refractivity contribution in [2.75, 3.05) is 10.6 Å². The number of ether oxygens (including phenoxy) is 1. The van der Waals surface area contributed by atoms with Crippen molar-refractivity contribution < 1.29 is 23.1 Å². The van der Waals surface area contributed by atoms with Gasteiger partial charge in [-0.3, -0.25) is 9.59 Å². The van der Waals surface area contributed by atoms with E-state index in [9.17, 15) is 18.4 Å². The van der Waals surface area contributed by atoms with Gasteiger partial charge in [-0.15, -0.1) is 0 Å². The number of aromatic nitrogens is 3. The summed E-state index contributed by atoms with van der Waals surface area (Å²) in [5, 5.41) is 5.31. The molecule has 0 bridgehead atoms. The van der Waals surface area contributed by atoms with Crippen LogP contribution in [0.5, 0.6) is 11.5 Å². The van der Waals surface area contributed by atoms with Crippen LogP contribution in [0.2, 0.25) is 0 Å². The Balaban J connectivity index is 1.29. The van der Waals surface area contributed by atoms with Crippen LogP contribution in [-0.4, -0.2) is 26.2 Å². The molecule has 1 aromatic carbocycles. The van der Waals surface area contributed by atoms with E-state index < -0.39 is 23.2 Å². The highest BCUT2D eigenvalue weighted by molar-refractivity contribution is 6.03. The second kappa shape index (κ2) is 8.30. The maximum Gasteiger partial charge on any atom is 0.277 e. The average Bonchev–Trinajstić information content (AvgIpc) is 3.55. The smallest absolute Gasteiger partial charge is 0.277 e. The Kier molecular flexibility index (Phi) is 5.17. The molecular formula is C23H17F2N5O3. The average molecular weight is 449 g/mol. The van der Waals surface area contributed by atoms with Crippen LogP contribution in [-0.2, 0) is 4.79 Å². The normalized spacial score (nSPS) is 13.0. The highest BCUT2D eigenvalue weighted by atomic mass is 19.1. The van der Waals surface area contributed by atoms with E-state index in [1.165, 1.54) is 0 Å². The molecule has 3 heterocycles. The number of hydrogen-bond donors (Lipinski definition) is 2. The van der Waals surface area contributed by atoms with Crippen LogP contribution in [0, 0.1) is 17.6 Å². The zero-order valence-corrected chi connectivity index (χ0v) is 17.1. The first-order valence-electron chi connectivity index (χ1n) is 10.1. The van der Waals surface area contributed by atoms with Gasteiger partial charge in [0.25, 0.3) is 5.91 Å². The van der Waals surface area contributed by atoms with Gasteiger partial charge in [-0.05, 0) is 37.1 Å². The Morgan fingerprint density at radius 2 is 1.88 bits per heavy atom. The van der Waals surface area contributed by atoms with Crippen LogP contribution in [0.4, 0.5) is 20.3 Å². The first kappa shape index (κ1) is 20.6. The fraction of sp³-hybridized carbons (Fsp3) is 0.130. The van der Waals surface area contributed by atoms with Gasteiger partial charge in [-0.25, -0.2) is 18.7 Å². The summed E-state index contributed by atoms with van der Waals surface area (Å²) in [6, 6.07) is 10.6. The molecule has 10 heteroatoms. The van der Waals surface area contributed by atoms with Gasteiger partial charge in [-0.1, -0.05) is 6.07 Å². The molecule has 33 heavy (non-hydrogen) atoms. The van der Waals surface area contributed by atoms with Crippen LogP contribution in [0.15, 0.2) is 61.1 Å². The van der Waals surface area contributed by atoms with Crippen molar-refractivity contribution >= 4 is 29.0 Å². The summed E-state index contributed by atoms with van der Waals surface area (Å²) in [5.41, 5.74) is 0.470.